The molecule has 2 heterocycles. The molecule has 12 heteroatoms. The molecule has 0 bridgehead atoms. The van der Waals surface area contributed by atoms with E-state index in [4.69, 9.17) is 33.9 Å². The standard InChI is InChI=1S/C30H38N8O2S2/c41-29(31-9-11-37-13-17-39-18-14-37)35-33-21-27-23-5-1-2-6-24(23)28(26-8-4-3-7-25(26)27)22-34-36-30(42)32-10-12-38-15-19-40-20-16-38/h1-8,21-22H,9-20H2,(H2,31,35,41)(H2,32,36,42)/b33-21+,34-22+. The molecular weight excluding hydrogens is 569 g/mol. The number of nitrogens with zero attached hydrogens (tertiary/aromatic N) is 4. The van der Waals surface area contributed by atoms with Crippen molar-refractivity contribution in [1.82, 2.24) is 31.3 Å². The Hall–Kier alpha value is -3.26. The molecule has 2 aliphatic heterocycles. The van der Waals surface area contributed by atoms with Crippen molar-refractivity contribution in [3.63, 3.8) is 0 Å². The first-order valence-corrected chi connectivity index (χ1v) is 15.2. The molecule has 2 saturated heterocycles. The van der Waals surface area contributed by atoms with Gasteiger partial charge in [-0.25, -0.2) is 0 Å². The van der Waals surface area contributed by atoms with E-state index in [-0.39, 0.29) is 0 Å². The summed E-state index contributed by atoms with van der Waals surface area (Å²) in [6, 6.07) is 16.5. The highest BCUT2D eigenvalue weighted by Crippen LogP contribution is 2.31. The third-order valence-corrected chi connectivity index (χ3v) is 7.84. The van der Waals surface area contributed by atoms with Gasteiger partial charge >= 0.3 is 0 Å². The van der Waals surface area contributed by atoms with E-state index in [1.165, 1.54) is 0 Å². The minimum absolute atomic E-state index is 0.498. The fraction of sp³-hybridized carbons (Fsp3) is 0.400. The maximum absolute atomic E-state index is 5.45. The van der Waals surface area contributed by atoms with Crippen molar-refractivity contribution in [2.45, 2.75) is 0 Å². The zero-order chi connectivity index (χ0) is 29.0. The maximum atomic E-state index is 5.45. The van der Waals surface area contributed by atoms with Gasteiger partial charge in [-0.1, -0.05) is 48.5 Å². The lowest BCUT2D eigenvalue weighted by Gasteiger charge is -2.26. The number of rotatable bonds is 10. The van der Waals surface area contributed by atoms with Crippen LogP contribution in [0.15, 0.2) is 58.7 Å². The van der Waals surface area contributed by atoms with E-state index in [0.717, 1.165) is 111 Å². The highest BCUT2D eigenvalue weighted by atomic mass is 32.1. The molecule has 0 radical (unpaired) electrons. The van der Waals surface area contributed by atoms with E-state index < -0.39 is 0 Å². The van der Waals surface area contributed by atoms with Crippen molar-refractivity contribution in [2.75, 3.05) is 78.8 Å². The number of benzene rings is 3. The van der Waals surface area contributed by atoms with Crippen molar-refractivity contribution in [3.05, 3.63) is 59.7 Å². The number of hydrogen-bond donors (Lipinski definition) is 4. The Morgan fingerprint density at radius 3 is 1.36 bits per heavy atom. The third kappa shape index (κ3) is 8.40. The summed E-state index contributed by atoms with van der Waals surface area (Å²) in [4.78, 5) is 4.72. The predicted molar refractivity (Wildman–Crippen MR) is 179 cm³/mol. The molecule has 0 amide bonds. The van der Waals surface area contributed by atoms with E-state index in [2.05, 4.69) is 65.8 Å². The summed E-state index contributed by atoms with van der Waals surface area (Å²) in [5.74, 6) is 0. The summed E-state index contributed by atoms with van der Waals surface area (Å²) in [6.45, 7) is 10.3. The molecule has 0 atom stereocenters. The fourth-order valence-corrected chi connectivity index (χ4v) is 5.48. The lowest BCUT2D eigenvalue weighted by atomic mass is 9.92. The first-order chi connectivity index (χ1) is 20.7. The van der Waals surface area contributed by atoms with Gasteiger partial charge in [-0.15, -0.1) is 0 Å². The van der Waals surface area contributed by atoms with E-state index in [9.17, 15) is 0 Å². The lowest BCUT2D eigenvalue weighted by molar-refractivity contribution is 0.0388. The second kappa shape index (κ2) is 15.8. The van der Waals surface area contributed by atoms with Gasteiger partial charge in [0.2, 0.25) is 0 Å². The molecule has 0 saturated carbocycles. The van der Waals surface area contributed by atoms with E-state index in [0.29, 0.717) is 10.2 Å². The van der Waals surface area contributed by atoms with Crippen LogP contribution in [0.1, 0.15) is 11.1 Å². The van der Waals surface area contributed by atoms with Gasteiger partial charge in [0.05, 0.1) is 38.9 Å². The Kier molecular flexibility index (Phi) is 11.4. The van der Waals surface area contributed by atoms with Crippen LogP contribution in [0.25, 0.3) is 21.5 Å². The number of hydrazone groups is 2. The van der Waals surface area contributed by atoms with Crippen molar-refractivity contribution in [2.24, 2.45) is 10.2 Å². The Bertz CT molecular complexity index is 1260. The van der Waals surface area contributed by atoms with Crippen molar-refractivity contribution < 1.29 is 9.47 Å². The molecule has 2 aliphatic rings. The number of thiocarbonyl (C=S) groups is 2. The summed E-state index contributed by atoms with van der Waals surface area (Å²) < 4.78 is 10.8. The largest absolute Gasteiger partial charge is 0.379 e. The minimum atomic E-state index is 0.498. The van der Waals surface area contributed by atoms with Crippen molar-refractivity contribution in [1.29, 1.82) is 0 Å². The zero-order valence-electron chi connectivity index (χ0n) is 23.7. The van der Waals surface area contributed by atoms with Crippen LogP contribution < -0.4 is 21.5 Å². The number of ether oxygens (including phenoxy) is 2. The smallest absolute Gasteiger partial charge is 0.187 e. The molecule has 4 N–H and O–H groups in total. The summed E-state index contributed by atoms with van der Waals surface area (Å²) in [6.07, 6.45) is 3.68. The van der Waals surface area contributed by atoms with Crippen LogP contribution in [0, 0.1) is 0 Å². The lowest BCUT2D eigenvalue weighted by Crippen LogP contribution is -2.42. The van der Waals surface area contributed by atoms with Gasteiger partial charge in [0.15, 0.2) is 10.2 Å². The molecule has 5 rings (SSSR count). The van der Waals surface area contributed by atoms with E-state index in [1.54, 1.807) is 0 Å². The monoisotopic (exact) mass is 606 g/mol. The summed E-state index contributed by atoms with van der Waals surface area (Å²) in [5.41, 5.74) is 7.97. The minimum Gasteiger partial charge on any atom is -0.379 e. The maximum Gasteiger partial charge on any atom is 0.187 e. The van der Waals surface area contributed by atoms with E-state index in [1.807, 2.05) is 36.7 Å². The normalized spacial score (nSPS) is 16.8. The van der Waals surface area contributed by atoms with Gasteiger partial charge in [-0.3, -0.25) is 20.7 Å². The Morgan fingerprint density at radius 1 is 0.643 bits per heavy atom. The third-order valence-electron chi connectivity index (χ3n) is 7.37. The highest BCUT2D eigenvalue weighted by molar-refractivity contribution is 7.80. The van der Waals surface area contributed by atoms with Gasteiger partial charge in [0.1, 0.15) is 0 Å². The van der Waals surface area contributed by atoms with Gasteiger partial charge < -0.3 is 20.1 Å². The molecule has 3 aromatic rings. The molecule has 2 fully saturated rings. The Balaban J connectivity index is 1.24. The first kappa shape index (κ1) is 30.2. The SMILES string of the molecule is S=C(NCCN1CCOCC1)N/N=C/c1c2ccccc2c(/C=N/NC(=S)NCCN2CCOCC2)c2ccccc12. The predicted octanol–water partition coefficient (Wildman–Crippen LogP) is 2.25. The van der Waals surface area contributed by atoms with Gasteiger partial charge in [-0.05, 0) is 46.0 Å². The van der Waals surface area contributed by atoms with Crippen molar-refractivity contribution >= 4 is 68.6 Å². The van der Waals surface area contributed by atoms with Crippen LogP contribution in [0.2, 0.25) is 0 Å². The second-order valence-electron chi connectivity index (χ2n) is 10.1. The quantitative estimate of drug-likeness (QED) is 0.119. The number of fused-ring (bicyclic) bond motifs is 2. The molecule has 0 unspecified atom stereocenters. The van der Waals surface area contributed by atoms with Crippen molar-refractivity contribution in [3.8, 4) is 0 Å². The Labute approximate surface area is 257 Å². The topological polar surface area (TPSA) is 97.8 Å². The average Bonchev–Trinajstić information content (AvgIpc) is 3.03. The zero-order valence-corrected chi connectivity index (χ0v) is 25.3. The van der Waals surface area contributed by atoms with Crippen LogP contribution in [0.3, 0.4) is 0 Å². The molecule has 0 aliphatic carbocycles. The summed E-state index contributed by atoms with van der Waals surface area (Å²) >= 11 is 10.9. The fourth-order valence-electron chi connectivity index (χ4n) is 5.17. The molecular formula is C30H38N8O2S2. The second-order valence-corrected chi connectivity index (χ2v) is 10.9. The van der Waals surface area contributed by atoms with Crippen LogP contribution in [0.4, 0.5) is 0 Å². The van der Waals surface area contributed by atoms with Crippen LogP contribution >= 0.6 is 24.4 Å². The van der Waals surface area contributed by atoms with Gasteiger partial charge in [0.25, 0.3) is 0 Å². The summed E-state index contributed by atoms with van der Waals surface area (Å²) in [7, 11) is 0. The first-order valence-electron chi connectivity index (χ1n) is 14.4. The molecule has 0 aromatic heterocycles. The molecule has 3 aromatic carbocycles. The molecule has 10 nitrogen and oxygen atoms in total. The van der Waals surface area contributed by atoms with Crippen LogP contribution in [-0.2, 0) is 9.47 Å². The number of hydrogen-bond acceptors (Lipinski definition) is 8. The van der Waals surface area contributed by atoms with Crippen LogP contribution in [-0.4, -0.2) is 111 Å². The Morgan fingerprint density at radius 2 is 1.00 bits per heavy atom. The van der Waals surface area contributed by atoms with Gasteiger partial charge in [0, 0.05) is 63.5 Å². The molecule has 222 valence electrons. The molecule has 42 heavy (non-hydrogen) atoms. The number of morpholine rings is 2. The number of nitrogens with one attached hydrogen (secondary N) is 4. The van der Waals surface area contributed by atoms with Crippen LogP contribution in [0.5, 0.6) is 0 Å². The summed E-state index contributed by atoms with van der Waals surface area (Å²) in [5, 5.41) is 20.7. The molecule has 0 spiro atoms. The average molecular weight is 607 g/mol. The van der Waals surface area contributed by atoms with Gasteiger partial charge in [-0.2, -0.15) is 10.2 Å². The highest BCUT2D eigenvalue weighted by Gasteiger charge is 2.13. The van der Waals surface area contributed by atoms with E-state index >= 15 is 0 Å².